The fraction of sp³-hybridized carbons (Fsp3) is 0.538. The van der Waals surface area contributed by atoms with Gasteiger partial charge >= 0.3 is 0 Å². The Morgan fingerprint density at radius 3 is 2.55 bits per heavy atom. The van der Waals surface area contributed by atoms with Gasteiger partial charge in [-0.2, -0.15) is 0 Å². The molecule has 1 saturated heterocycles. The summed E-state index contributed by atoms with van der Waals surface area (Å²) in [6.45, 7) is 3.35. The van der Waals surface area contributed by atoms with Crippen LogP contribution in [-0.4, -0.2) is 44.5 Å². The van der Waals surface area contributed by atoms with Gasteiger partial charge in [-0.1, -0.05) is 15.9 Å². The van der Waals surface area contributed by atoms with Crippen molar-refractivity contribution in [2.24, 2.45) is 0 Å². The lowest BCUT2D eigenvalue weighted by atomic mass is 10.0. The normalized spacial score (nSPS) is 19.5. The van der Waals surface area contributed by atoms with Gasteiger partial charge in [0.15, 0.2) is 11.5 Å². The molecule has 2 aliphatic rings. The van der Waals surface area contributed by atoms with Crippen LogP contribution in [0.3, 0.4) is 0 Å². The summed E-state index contributed by atoms with van der Waals surface area (Å²) < 4.78 is 25.1. The van der Waals surface area contributed by atoms with Crippen LogP contribution in [0.15, 0.2) is 16.6 Å². The second kappa shape index (κ2) is 6.93. The van der Waals surface area contributed by atoms with E-state index in [1.54, 1.807) is 0 Å². The van der Waals surface area contributed by atoms with Crippen molar-refractivity contribution in [2.45, 2.75) is 6.04 Å². The first-order chi connectivity index (χ1) is 9.29. The van der Waals surface area contributed by atoms with Crippen LogP contribution in [0.25, 0.3) is 0 Å². The van der Waals surface area contributed by atoms with Crippen molar-refractivity contribution >= 4 is 28.3 Å². The quantitative estimate of drug-likeness (QED) is 0.890. The number of hydrogen-bond donors (Lipinski definition) is 1. The molecule has 1 fully saturated rings. The van der Waals surface area contributed by atoms with Crippen molar-refractivity contribution in [2.75, 3.05) is 39.6 Å². The Labute approximate surface area is 132 Å². The average Bonchev–Trinajstić information content (AvgIpc) is 2.88. The molecule has 0 aromatic heterocycles. The highest BCUT2D eigenvalue weighted by Crippen LogP contribution is 2.40. The van der Waals surface area contributed by atoms with Crippen LogP contribution < -0.4 is 14.8 Å². The van der Waals surface area contributed by atoms with E-state index in [9.17, 15) is 4.39 Å². The third kappa shape index (κ3) is 3.03. The molecular formula is C13H17BrClFN2O2. The molecule has 2 aliphatic heterocycles. The zero-order chi connectivity index (χ0) is 13.2. The summed E-state index contributed by atoms with van der Waals surface area (Å²) in [7, 11) is 0. The summed E-state index contributed by atoms with van der Waals surface area (Å²) in [6, 6.07) is 3.52. The molecule has 1 aromatic rings. The van der Waals surface area contributed by atoms with Crippen LogP contribution in [0.5, 0.6) is 11.5 Å². The first kappa shape index (κ1) is 15.8. The summed E-state index contributed by atoms with van der Waals surface area (Å²) in [5, 5.41) is 3.28. The lowest BCUT2D eigenvalue weighted by molar-refractivity contribution is 0.146. The van der Waals surface area contributed by atoms with Gasteiger partial charge in [-0.25, -0.2) is 4.39 Å². The van der Waals surface area contributed by atoms with E-state index >= 15 is 0 Å². The molecule has 1 atom stereocenters. The van der Waals surface area contributed by atoms with E-state index in [4.69, 9.17) is 9.47 Å². The smallest absolute Gasteiger partial charge is 0.231 e. The Bertz CT molecular complexity index is 472. The fourth-order valence-corrected chi connectivity index (χ4v) is 3.15. The lowest BCUT2D eigenvalue weighted by Gasteiger charge is -2.34. The molecule has 0 amide bonds. The SMILES string of the molecule is Cl.FC[C@@H](c1cc2c(cc1Br)OCO2)N1CCNCC1. The van der Waals surface area contributed by atoms with Crippen LogP contribution >= 0.6 is 28.3 Å². The minimum atomic E-state index is -0.405. The number of benzene rings is 1. The highest BCUT2D eigenvalue weighted by Gasteiger charge is 2.26. The number of piperazine rings is 1. The van der Waals surface area contributed by atoms with E-state index in [0.29, 0.717) is 11.5 Å². The maximum atomic E-state index is 13.5. The second-order valence-electron chi connectivity index (χ2n) is 4.68. The van der Waals surface area contributed by atoms with Crippen molar-refractivity contribution in [1.82, 2.24) is 10.2 Å². The molecular weight excluding hydrogens is 351 g/mol. The molecule has 0 radical (unpaired) electrons. The molecule has 0 bridgehead atoms. The number of alkyl halides is 1. The van der Waals surface area contributed by atoms with Crippen LogP contribution in [0.4, 0.5) is 4.39 Å². The topological polar surface area (TPSA) is 33.7 Å². The molecule has 7 heteroatoms. The molecule has 0 spiro atoms. The Balaban J connectivity index is 0.00000147. The first-order valence-corrected chi connectivity index (χ1v) is 7.18. The molecule has 112 valence electrons. The van der Waals surface area contributed by atoms with Crippen LogP contribution in [0.2, 0.25) is 0 Å². The zero-order valence-electron chi connectivity index (χ0n) is 10.9. The van der Waals surface area contributed by atoms with Crippen LogP contribution in [-0.2, 0) is 0 Å². The zero-order valence-corrected chi connectivity index (χ0v) is 13.3. The number of halogens is 3. The Hall–Kier alpha value is -0.560. The molecule has 1 aromatic carbocycles. The molecule has 4 nitrogen and oxygen atoms in total. The van der Waals surface area contributed by atoms with E-state index in [2.05, 4.69) is 26.1 Å². The van der Waals surface area contributed by atoms with Gasteiger partial charge in [0.25, 0.3) is 0 Å². The number of ether oxygens (including phenoxy) is 2. The molecule has 1 N–H and O–H groups in total. The minimum absolute atomic E-state index is 0. The van der Waals surface area contributed by atoms with Gasteiger partial charge in [-0.3, -0.25) is 4.90 Å². The van der Waals surface area contributed by atoms with Crippen LogP contribution in [0, 0.1) is 0 Å². The molecule has 3 rings (SSSR count). The summed E-state index contributed by atoms with van der Waals surface area (Å²) in [5.74, 6) is 1.42. The molecule has 0 saturated carbocycles. The monoisotopic (exact) mass is 366 g/mol. The molecule has 0 unspecified atom stereocenters. The maximum Gasteiger partial charge on any atom is 0.231 e. The second-order valence-corrected chi connectivity index (χ2v) is 5.54. The van der Waals surface area contributed by atoms with Gasteiger partial charge < -0.3 is 14.8 Å². The van der Waals surface area contributed by atoms with E-state index in [-0.39, 0.29) is 25.2 Å². The van der Waals surface area contributed by atoms with E-state index < -0.39 is 6.67 Å². The van der Waals surface area contributed by atoms with E-state index in [0.717, 1.165) is 36.2 Å². The molecule has 2 heterocycles. The number of hydrogen-bond acceptors (Lipinski definition) is 4. The number of fused-ring (bicyclic) bond motifs is 1. The number of nitrogens with one attached hydrogen (secondary N) is 1. The van der Waals surface area contributed by atoms with E-state index in [1.165, 1.54) is 0 Å². The van der Waals surface area contributed by atoms with Gasteiger partial charge in [0.05, 0.1) is 6.04 Å². The summed E-state index contributed by atoms with van der Waals surface area (Å²) in [6.07, 6.45) is 0. The van der Waals surface area contributed by atoms with Crippen molar-refractivity contribution < 1.29 is 13.9 Å². The highest BCUT2D eigenvalue weighted by molar-refractivity contribution is 9.10. The van der Waals surface area contributed by atoms with Gasteiger partial charge in [0.2, 0.25) is 6.79 Å². The summed E-state index contributed by atoms with van der Waals surface area (Å²) in [5.41, 5.74) is 0.925. The Kier molecular flexibility index (Phi) is 5.49. The predicted octanol–water partition coefficient (Wildman–Crippen LogP) is 2.52. The van der Waals surface area contributed by atoms with Gasteiger partial charge in [-0.05, 0) is 17.7 Å². The standard InChI is InChI=1S/C13H16BrFN2O2.ClH/c14-10-6-13-12(18-8-19-13)5-9(10)11(7-15)17-3-1-16-2-4-17;/h5-6,11,16H,1-4,7-8H2;1H/t11-;/m0./s1. The third-order valence-electron chi connectivity index (χ3n) is 3.59. The van der Waals surface area contributed by atoms with Gasteiger partial charge in [-0.15, -0.1) is 12.4 Å². The van der Waals surface area contributed by atoms with Crippen molar-refractivity contribution in [1.29, 1.82) is 0 Å². The summed E-state index contributed by atoms with van der Waals surface area (Å²) in [4.78, 5) is 2.17. The third-order valence-corrected chi connectivity index (χ3v) is 4.28. The highest BCUT2D eigenvalue weighted by atomic mass is 79.9. The predicted molar refractivity (Wildman–Crippen MR) is 80.7 cm³/mol. The fourth-order valence-electron chi connectivity index (χ4n) is 2.56. The lowest BCUT2D eigenvalue weighted by Crippen LogP contribution is -2.45. The molecule has 20 heavy (non-hydrogen) atoms. The van der Waals surface area contributed by atoms with Crippen LogP contribution in [0.1, 0.15) is 11.6 Å². The average molecular weight is 368 g/mol. The Morgan fingerprint density at radius 1 is 1.25 bits per heavy atom. The first-order valence-electron chi connectivity index (χ1n) is 6.39. The minimum Gasteiger partial charge on any atom is -0.454 e. The van der Waals surface area contributed by atoms with Gasteiger partial charge in [0.1, 0.15) is 6.67 Å². The number of rotatable bonds is 3. The summed E-state index contributed by atoms with van der Waals surface area (Å²) >= 11 is 3.51. The largest absolute Gasteiger partial charge is 0.454 e. The van der Waals surface area contributed by atoms with Gasteiger partial charge in [0, 0.05) is 30.7 Å². The van der Waals surface area contributed by atoms with E-state index in [1.807, 2.05) is 12.1 Å². The van der Waals surface area contributed by atoms with Crippen molar-refractivity contribution in [3.8, 4) is 11.5 Å². The molecule has 0 aliphatic carbocycles. The number of nitrogens with zero attached hydrogens (tertiary/aromatic N) is 1. The van der Waals surface area contributed by atoms with Crippen molar-refractivity contribution in [3.05, 3.63) is 22.2 Å². The maximum absolute atomic E-state index is 13.5. The van der Waals surface area contributed by atoms with Crippen molar-refractivity contribution in [3.63, 3.8) is 0 Å². The Morgan fingerprint density at radius 2 is 1.90 bits per heavy atom.